The van der Waals surface area contributed by atoms with Gasteiger partial charge in [-0.3, -0.25) is 9.59 Å². The Morgan fingerprint density at radius 2 is 1.94 bits per heavy atom. The smallest absolute Gasteiger partial charge is 0.425 e. The average molecular weight is 499 g/mol. The third-order valence-electron chi connectivity index (χ3n) is 3.85. The lowest BCUT2D eigenvalue weighted by Gasteiger charge is -2.34. The molecule has 2 aromatic heterocycles. The first-order valence-corrected chi connectivity index (χ1v) is 9.55. The van der Waals surface area contributed by atoms with Gasteiger partial charge in [0.1, 0.15) is 6.10 Å². The van der Waals surface area contributed by atoms with Gasteiger partial charge < -0.3 is 19.3 Å². The fourth-order valence-corrected chi connectivity index (χ4v) is 2.51. The van der Waals surface area contributed by atoms with Gasteiger partial charge in [-0.05, 0) is 6.92 Å². The van der Waals surface area contributed by atoms with Crippen molar-refractivity contribution in [3.63, 3.8) is 0 Å². The Morgan fingerprint density at radius 3 is 2.58 bits per heavy atom. The minimum absolute atomic E-state index is 0.00990. The van der Waals surface area contributed by atoms with E-state index in [4.69, 9.17) is 32.0 Å². The molecule has 3 heterocycles. The number of hydrogen-bond acceptors (Lipinski definition) is 8. The van der Waals surface area contributed by atoms with E-state index in [0.717, 1.165) is 12.4 Å². The zero-order valence-electron chi connectivity index (χ0n) is 24.8. The van der Waals surface area contributed by atoms with E-state index in [-0.39, 0.29) is 14.8 Å². The molecule has 1 N–H and O–H groups in total. The quantitative estimate of drug-likeness (QED) is 0.548. The first-order chi connectivity index (χ1) is 18.7. The molecule has 0 bridgehead atoms. The highest BCUT2D eigenvalue weighted by Gasteiger charge is 2.38. The number of halogens is 4. The predicted molar refractivity (Wildman–Crippen MR) is 111 cm³/mol. The molecule has 1 amide bonds. The van der Waals surface area contributed by atoms with Crippen LogP contribution in [0.3, 0.4) is 0 Å². The van der Waals surface area contributed by atoms with E-state index in [0.29, 0.717) is 6.20 Å². The zero-order valence-corrected chi connectivity index (χ0v) is 17.6. The molecule has 1 aliphatic rings. The highest BCUT2D eigenvalue weighted by Crippen LogP contribution is 2.33. The van der Waals surface area contributed by atoms with Crippen LogP contribution in [0.25, 0.3) is 0 Å². The van der Waals surface area contributed by atoms with E-state index in [1.54, 1.807) is 5.10 Å². The summed E-state index contributed by atoms with van der Waals surface area (Å²) >= 11 is 5.71. The first-order valence-electron chi connectivity index (χ1n) is 13.2. The number of hydrogen-bond donors (Lipinski definition) is 1. The number of anilines is 1. The largest absolute Gasteiger partial charge is 0.486 e. The van der Waals surface area contributed by atoms with Crippen LogP contribution in [0.4, 0.5) is 19.1 Å². The maximum atomic E-state index is 13.2. The molecule has 0 saturated carbocycles. The molecule has 0 radical (unpaired) electrons. The van der Waals surface area contributed by atoms with Crippen molar-refractivity contribution in [2.24, 2.45) is 0 Å². The Labute approximate surface area is 202 Å². The molecule has 180 valence electrons. The second-order valence-electron chi connectivity index (χ2n) is 6.40. The lowest BCUT2D eigenvalue weighted by molar-refractivity contribution is -0.141. The molecule has 0 spiro atoms. The Morgan fingerprint density at radius 1 is 1.27 bits per heavy atom. The topological polar surface area (TPSA) is 114 Å². The molecular formula is C19H22ClF3N6O4. The van der Waals surface area contributed by atoms with E-state index in [1.165, 1.54) is 6.92 Å². The summed E-state index contributed by atoms with van der Waals surface area (Å²) in [6.07, 6.45) is -4.36. The Hall–Kier alpha value is -2.93. The van der Waals surface area contributed by atoms with Crippen LogP contribution < -0.4 is 15.2 Å². The van der Waals surface area contributed by atoms with Gasteiger partial charge in [-0.25, -0.2) is 15.1 Å². The number of ether oxygens (including phenoxy) is 2. The summed E-state index contributed by atoms with van der Waals surface area (Å²) < 4.78 is 116. The zero-order chi connectivity index (χ0) is 31.2. The number of nitrogens with zero attached hydrogens (tertiary/aromatic N) is 5. The van der Waals surface area contributed by atoms with E-state index < -0.39 is 86.6 Å². The number of carbonyl (C=O) groups excluding carboxylic acids is 1. The molecular weight excluding hydrogens is 469 g/mol. The minimum atomic E-state index is -5.05. The second-order valence-corrected chi connectivity index (χ2v) is 6.84. The van der Waals surface area contributed by atoms with Gasteiger partial charge in [-0.15, -0.1) is 0 Å². The number of H-pyrrole nitrogens is 1. The van der Waals surface area contributed by atoms with Gasteiger partial charge in [0.05, 0.1) is 54.2 Å². The van der Waals surface area contributed by atoms with Crippen LogP contribution >= 0.6 is 11.6 Å². The van der Waals surface area contributed by atoms with Gasteiger partial charge in [0, 0.05) is 26.0 Å². The molecule has 1 unspecified atom stereocenters. The highest BCUT2D eigenvalue weighted by molar-refractivity contribution is 6.30. The molecule has 10 nitrogen and oxygen atoms in total. The molecule has 1 saturated heterocycles. The van der Waals surface area contributed by atoms with Crippen LogP contribution in [0.5, 0.6) is 5.75 Å². The normalized spacial score (nSPS) is 25.1. The predicted octanol–water partition coefficient (Wildman–Crippen LogP) is 1.75. The molecule has 0 aliphatic carbocycles. The van der Waals surface area contributed by atoms with Crippen molar-refractivity contribution in [2.75, 3.05) is 44.1 Å². The molecule has 33 heavy (non-hydrogen) atoms. The van der Waals surface area contributed by atoms with Crippen molar-refractivity contribution in [3.8, 4) is 5.75 Å². The van der Waals surface area contributed by atoms with E-state index in [9.17, 15) is 22.8 Å². The first kappa shape index (κ1) is 15.8. The summed E-state index contributed by atoms with van der Waals surface area (Å²) in [5.74, 6) is -2.98. The van der Waals surface area contributed by atoms with Crippen LogP contribution in [0.2, 0.25) is 5.02 Å². The van der Waals surface area contributed by atoms with Gasteiger partial charge >= 0.3 is 6.18 Å². The number of aromatic amines is 1. The number of amides is 1. The number of rotatable bonds is 8. The Kier molecular flexibility index (Phi) is 5.18. The van der Waals surface area contributed by atoms with Crippen molar-refractivity contribution in [3.05, 3.63) is 39.5 Å². The van der Waals surface area contributed by atoms with Crippen LogP contribution in [0.1, 0.15) is 29.9 Å². The summed E-state index contributed by atoms with van der Waals surface area (Å²) in [5, 5.41) is 4.90. The van der Waals surface area contributed by atoms with Gasteiger partial charge in [0.25, 0.3) is 5.56 Å². The highest BCUT2D eigenvalue weighted by atomic mass is 35.5. The molecule has 1 aliphatic heterocycles. The second kappa shape index (κ2) is 10.8. The fourth-order valence-electron chi connectivity index (χ4n) is 2.41. The lowest BCUT2D eigenvalue weighted by atomic mass is 10.2. The van der Waals surface area contributed by atoms with Crippen LogP contribution in [-0.2, 0) is 15.7 Å². The Bertz CT molecular complexity index is 1310. The summed E-state index contributed by atoms with van der Waals surface area (Å²) in [6.45, 7) is -13.5. The maximum absolute atomic E-state index is 13.2. The molecule has 1 fully saturated rings. The van der Waals surface area contributed by atoms with Gasteiger partial charge in [0.2, 0.25) is 11.9 Å². The molecule has 14 heteroatoms. The summed E-state index contributed by atoms with van der Waals surface area (Å²) in [4.78, 5) is 31.7. The number of nitrogens with one attached hydrogen (secondary N) is 1. The average Bonchev–Trinajstić information content (AvgIpc) is 2.81. The third kappa shape index (κ3) is 6.78. The van der Waals surface area contributed by atoms with Crippen molar-refractivity contribution in [2.45, 2.75) is 25.6 Å². The number of carbonyl (C=O) groups is 1. The van der Waals surface area contributed by atoms with Crippen LogP contribution in [0, 0.1) is 0 Å². The number of alkyl halides is 3. The van der Waals surface area contributed by atoms with Gasteiger partial charge in [0.15, 0.2) is 11.3 Å². The van der Waals surface area contributed by atoms with E-state index in [1.807, 2.05) is 0 Å². The minimum Gasteiger partial charge on any atom is -0.486 e. The van der Waals surface area contributed by atoms with E-state index in [2.05, 4.69) is 15.1 Å². The number of aromatic nitrogens is 4. The summed E-state index contributed by atoms with van der Waals surface area (Å²) in [6, 6.07) is 0. The van der Waals surface area contributed by atoms with Gasteiger partial charge in [-0.2, -0.15) is 18.3 Å². The monoisotopic (exact) mass is 498 g/mol. The Balaban J connectivity index is 1.73. The van der Waals surface area contributed by atoms with Crippen molar-refractivity contribution >= 4 is 23.5 Å². The third-order valence-corrected chi connectivity index (χ3v) is 4.04. The van der Waals surface area contributed by atoms with Crippen molar-refractivity contribution in [1.82, 2.24) is 25.1 Å². The molecule has 0 aromatic carbocycles. The van der Waals surface area contributed by atoms with Crippen molar-refractivity contribution in [1.29, 1.82) is 0 Å². The van der Waals surface area contributed by atoms with E-state index >= 15 is 0 Å². The summed E-state index contributed by atoms with van der Waals surface area (Å²) in [7, 11) is 0. The SMILES string of the molecule is [2H]C1([2H])N(C(=O)CCOCC(C)Oc2cn[nH]c(=O)c2C(F)(F)F)C([2H])([2H])C([2H])([2H])N(c2ncc(Cl)cn2)C1([2H])[2H]. The van der Waals surface area contributed by atoms with Crippen molar-refractivity contribution < 1.29 is 38.4 Å². The molecule has 3 rings (SSSR count). The maximum Gasteiger partial charge on any atom is 0.425 e. The number of piperazine rings is 1. The summed E-state index contributed by atoms with van der Waals surface area (Å²) in [5.41, 5.74) is -3.15. The van der Waals surface area contributed by atoms with Crippen LogP contribution in [-0.4, -0.2) is 76.3 Å². The molecule has 1 atom stereocenters. The molecule has 2 aromatic rings. The fraction of sp³-hybridized carbons (Fsp3) is 0.526. The standard InChI is InChI=1S/C19H22ClF3N6O4/c1-12(33-14-10-26-27-17(31)16(14)19(21,22)23)11-32-7-2-15(30)28-3-5-29(6-4-28)18-24-8-13(20)9-25-18/h8-10,12H,2-7,11H2,1H3,(H,27,31)/i3D2,4D2,5D2,6D2. The lowest BCUT2D eigenvalue weighted by Crippen LogP contribution is -2.49. The van der Waals surface area contributed by atoms with Crippen LogP contribution in [0.15, 0.2) is 23.4 Å². The van der Waals surface area contributed by atoms with Gasteiger partial charge in [-0.1, -0.05) is 11.6 Å².